The van der Waals surface area contributed by atoms with Crippen molar-refractivity contribution >= 4 is 16.0 Å². The summed E-state index contributed by atoms with van der Waals surface area (Å²) >= 11 is 0. The molecule has 0 radical (unpaired) electrons. The molecular formula is C13H25NO4S. The van der Waals surface area contributed by atoms with Crippen molar-refractivity contribution in [1.29, 1.82) is 0 Å². The molecule has 0 fully saturated rings. The van der Waals surface area contributed by atoms with Gasteiger partial charge in [0.15, 0.2) is 0 Å². The Balaban J connectivity index is 4.05. The number of rotatable bonds is 11. The molecule has 0 aromatic carbocycles. The van der Waals surface area contributed by atoms with Gasteiger partial charge in [-0.3, -0.25) is 9.35 Å². The minimum Gasteiger partial charge on any atom is -0.349 e. The second kappa shape index (κ2) is 9.97. The number of nitrogens with one attached hydrogen (secondary N) is 1. The first kappa shape index (κ1) is 18.1. The Hall–Kier alpha value is -0.880. The SMILES string of the molecule is C=CC(=O)NC(CCCCCCCC)CS(=O)(=O)O. The van der Waals surface area contributed by atoms with E-state index in [1.165, 1.54) is 19.3 Å². The fourth-order valence-electron chi connectivity index (χ4n) is 1.88. The number of hydrogen-bond acceptors (Lipinski definition) is 3. The highest BCUT2D eigenvalue weighted by Crippen LogP contribution is 2.09. The zero-order valence-electron chi connectivity index (χ0n) is 11.6. The van der Waals surface area contributed by atoms with Gasteiger partial charge < -0.3 is 5.32 Å². The molecule has 2 N–H and O–H groups in total. The third-order valence-electron chi connectivity index (χ3n) is 2.85. The predicted molar refractivity (Wildman–Crippen MR) is 76.5 cm³/mol. The maximum atomic E-state index is 11.2. The van der Waals surface area contributed by atoms with E-state index in [2.05, 4.69) is 18.8 Å². The van der Waals surface area contributed by atoms with Crippen LogP contribution in [0.25, 0.3) is 0 Å². The van der Waals surface area contributed by atoms with E-state index in [-0.39, 0.29) is 0 Å². The van der Waals surface area contributed by atoms with Crippen LogP contribution in [-0.2, 0) is 14.9 Å². The Morgan fingerprint density at radius 2 is 1.84 bits per heavy atom. The summed E-state index contributed by atoms with van der Waals surface area (Å²) in [4.78, 5) is 11.2. The molecule has 0 aliphatic rings. The Morgan fingerprint density at radius 1 is 1.26 bits per heavy atom. The molecule has 0 bridgehead atoms. The van der Waals surface area contributed by atoms with E-state index in [0.29, 0.717) is 6.42 Å². The first-order valence-electron chi connectivity index (χ1n) is 6.77. The minimum absolute atomic E-state index is 0.417. The topological polar surface area (TPSA) is 83.5 Å². The van der Waals surface area contributed by atoms with Gasteiger partial charge in [0.25, 0.3) is 10.1 Å². The van der Waals surface area contributed by atoms with E-state index in [1.54, 1.807) is 0 Å². The molecule has 1 amide bonds. The summed E-state index contributed by atoms with van der Waals surface area (Å²) in [6, 6.07) is -0.549. The van der Waals surface area contributed by atoms with Gasteiger partial charge in [-0.1, -0.05) is 52.0 Å². The van der Waals surface area contributed by atoms with Crippen LogP contribution in [0.5, 0.6) is 0 Å². The summed E-state index contributed by atoms with van der Waals surface area (Å²) in [5.41, 5.74) is 0. The maximum absolute atomic E-state index is 11.2. The second-order valence-electron chi connectivity index (χ2n) is 4.71. The molecule has 0 aliphatic heterocycles. The summed E-state index contributed by atoms with van der Waals surface area (Å²) in [6.07, 6.45) is 8.17. The molecule has 0 aromatic rings. The molecule has 0 rings (SSSR count). The highest BCUT2D eigenvalue weighted by Gasteiger charge is 2.17. The van der Waals surface area contributed by atoms with Crippen LogP contribution in [0.1, 0.15) is 51.9 Å². The van der Waals surface area contributed by atoms with Crippen LogP contribution in [0, 0.1) is 0 Å². The van der Waals surface area contributed by atoms with Crippen LogP contribution < -0.4 is 5.32 Å². The molecule has 0 saturated heterocycles. The summed E-state index contributed by atoms with van der Waals surface area (Å²) in [7, 11) is -4.08. The van der Waals surface area contributed by atoms with Gasteiger partial charge in [-0.2, -0.15) is 8.42 Å². The van der Waals surface area contributed by atoms with Crippen molar-refractivity contribution in [3.05, 3.63) is 12.7 Å². The summed E-state index contributed by atoms with van der Waals surface area (Å²) in [5.74, 6) is -0.860. The highest BCUT2D eigenvalue weighted by molar-refractivity contribution is 7.85. The third-order valence-corrected chi connectivity index (χ3v) is 3.67. The van der Waals surface area contributed by atoms with Gasteiger partial charge >= 0.3 is 0 Å². The molecular weight excluding hydrogens is 266 g/mol. The molecule has 0 aliphatic carbocycles. The van der Waals surface area contributed by atoms with Gasteiger partial charge in [0, 0.05) is 6.04 Å². The normalized spacial score (nSPS) is 12.9. The van der Waals surface area contributed by atoms with Gasteiger partial charge in [-0.15, -0.1) is 0 Å². The van der Waals surface area contributed by atoms with Crippen LogP contribution in [0.4, 0.5) is 0 Å². The number of carbonyl (C=O) groups excluding carboxylic acids is 1. The van der Waals surface area contributed by atoms with Crippen molar-refractivity contribution in [1.82, 2.24) is 5.32 Å². The molecule has 19 heavy (non-hydrogen) atoms. The average Bonchev–Trinajstić information content (AvgIpc) is 2.31. The molecule has 5 nitrogen and oxygen atoms in total. The van der Waals surface area contributed by atoms with E-state index in [0.717, 1.165) is 25.3 Å². The molecule has 0 heterocycles. The van der Waals surface area contributed by atoms with Crippen LogP contribution in [-0.4, -0.2) is 30.7 Å². The maximum Gasteiger partial charge on any atom is 0.266 e. The van der Waals surface area contributed by atoms with Crippen molar-refractivity contribution in [2.45, 2.75) is 57.9 Å². The number of carbonyl (C=O) groups is 1. The Morgan fingerprint density at radius 3 is 2.37 bits per heavy atom. The fraction of sp³-hybridized carbons (Fsp3) is 0.769. The summed E-state index contributed by atoms with van der Waals surface area (Å²) < 4.78 is 30.6. The van der Waals surface area contributed by atoms with Gasteiger partial charge in [0.2, 0.25) is 5.91 Å². The van der Waals surface area contributed by atoms with Crippen molar-refractivity contribution < 1.29 is 17.8 Å². The molecule has 1 atom stereocenters. The van der Waals surface area contributed by atoms with E-state index in [9.17, 15) is 13.2 Å². The van der Waals surface area contributed by atoms with Crippen LogP contribution >= 0.6 is 0 Å². The third kappa shape index (κ3) is 11.9. The van der Waals surface area contributed by atoms with Crippen molar-refractivity contribution in [3.8, 4) is 0 Å². The molecule has 6 heteroatoms. The Labute approximate surface area is 116 Å². The Bertz CT molecular complexity index is 365. The zero-order valence-corrected chi connectivity index (χ0v) is 12.4. The molecule has 0 saturated carbocycles. The standard InChI is InChI=1S/C13H25NO4S/c1-3-5-6-7-8-9-10-12(11-19(16,17)18)14-13(15)4-2/h4,12H,2-3,5-11H2,1H3,(H,14,15)(H,16,17,18). The van der Waals surface area contributed by atoms with Gasteiger partial charge in [-0.25, -0.2) is 0 Å². The highest BCUT2D eigenvalue weighted by atomic mass is 32.2. The number of amides is 1. The molecule has 112 valence electrons. The van der Waals surface area contributed by atoms with Crippen molar-refractivity contribution in [2.75, 3.05) is 5.75 Å². The lowest BCUT2D eigenvalue weighted by Crippen LogP contribution is -2.38. The first-order chi connectivity index (χ1) is 8.89. The lowest BCUT2D eigenvalue weighted by Gasteiger charge is -2.16. The average molecular weight is 291 g/mol. The molecule has 0 spiro atoms. The second-order valence-corrected chi connectivity index (χ2v) is 6.21. The summed E-state index contributed by atoms with van der Waals surface area (Å²) in [5, 5.41) is 2.53. The lowest BCUT2D eigenvalue weighted by atomic mass is 10.1. The smallest absolute Gasteiger partial charge is 0.266 e. The van der Waals surface area contributed by atoms with E-state index >= 15 is 0 Å². The number of unbranched alkanes of at least 4 members (excludes halogenated alkanes) is 5. The van der Waals surface area contributed by atoms with Crippen molar-refractivity contribution in [2.24, 2.45) is 0 Å². The van der Waals surface area contributed by atoms with E-state index in [1.807, 2.05) is 0 Å². The molecule has 1 unspecified atom stereocenters. The van der Waals surface area contributed by atoms with Gasteiger partial charge in [-0.05, 0) is 12.5 Å². The largest absolute Gasteiger partial charge is 0.349 e. The predicted octanol–water partition coefficient (Wildman–Crippen LogP) is 2.30. The van der Waals surface area contributed by atoms with Crippen LogP contribution in [0.2, 0.25) is 0 Å². The summed E-state index contributed by atoms with van der Waals surface area (Å²) in [6.45, 7) is 5.46. The van der Waals surface area contributed by atoms with E-state index in [4.69, 9.17) is 4.55 Å². The Kier molecular flexibility index (Phi) is 9.51. The van der Waals surface area contributed by atoms with Gasteiger partial charge in [0.05, 0.1) is 5.75 Å². The van der Waals surface area contributed by atoms with Crippen LogP contribution in [0.3, 0.4) is 0 Å². The first-order valence-corrected chi connectivity index (χ1v) is 8.38. The lowest BCUT2D eigenvalue weighted by molar-refractivity contribution is -0.117. The van der Waals surface area contributed by atoms with Crippen LogP contribution in [0.15, 0.2) is 12.7 Å². The molecule has 0 aromatic heterocycles. The van der Waals surface area contributed by atoms with Crippen molar-refractivity contribution in [3.63, 3.8) is 0 Å². The zero-order chi connectivity index (χ0) is 14.7. The minimum atomic E-state index is -4.08. The quantitative estimate of drug-likeness (QED) is 0.347. The fourth-order valence-corrected chi connectivity index (χ4v) is 2.64. The van der Waals surface area contributed by atoms with E-state index < -0.39 is 27.8 Å². The van der Waals surface area contributed by atoms with Gasteiger partial charge in [0.1, 0.15) is 0 Å². The monoisotopic (exact) mass is 291 g/mol. The number of hydrogen-bond donors (Lipinski definition) is 2.